The van der Waals surface area contributed by atoms with Crippen LogP contribution in [0.5, 0.6) is 0 Å². The molecule has 0 bridgehead atoms. The second kappa shape index (κ2) is 8.96. The number of ether oxygens (including phenoxy) is 1. The lowest BCUT2D eigenvalue weighted by molar-refractivity contribution is -0.0556. The molecule has 4 rings (SSSR count). The normalized spacial score (nSPS) is 35.4. The van der Waals surface area contributed by atoms with Gasteiger partial charge in [0.25, 0.3) is 0 Å². The van der Waals surface area contributed by atoms with E-state index in [2.05, 4.69) is 29.4 Å². The maximum absolute atomic E-state index is 14.3. The first-order valence-electron chi connectivity index (χ1n) is 11.2. The van der Waals surface area contributed by atoms with Crippen LogP contribution < -0.4 is 10.6 Å². The molecule has 0 radical (unpaired) electrons. The summed E-state index contributed by atoms with van der Waals surface area (Å²) in [5.41, 5.74) is 0.320. The Morgan fingerprint density at radius 3 is 2.52 bits per heavy atom. The van der Waals surface area contributed by atoms with Gasteiger partial charge in [0.2, 0.25) is 0 Å². The summed E-state index contributed by atoms with van der Waals surface area (Å²) in [6.45, 7) is 8.46. The number of rotatable bonds is 6. The zero-order chi connectivity index (χ0) is 20.5. The molecular formula is C23H35F2N3O. The van der Waals surface area contributed by atoms with Crippen molar-refractivity contribution in [3.63, 3.8) is 0 Å². The Labute approximate surface area is 173 Å². The lowest BCUT2D eigenvalue weighted by Crippen LogP contribution is -2.50. The number of nitrogens with one attached hydrogen (secondary N) is 2. The minimum atomic E-state index is -0.446. The van der Waals surface area contributed by atoms with Crippen molar-refractivity contribution in [2.45, 2.75) is 57.3 Å². The van der Waals surface area contributed by atoms with Crippen molar-refractivity contribution in [3.8, 4) is 0 Å². The van der Waals surface area contributed by atoms with Crippen LogP contribution >= 0.6 is 0 Å². The van der Waals surface area contributed by atoms with E-state index in [1.165, 1.54) is 25.0 Å². The van der Waals surface area contributed by atoms with Crippen molar-refractivity contribution in [1.29, 1.82) is 0 Å². The first-order chi connectivity index (χ1) is 13.9. The van der Waals surface area contributed by atoms with Gasteiger partial charge in [-0.15, -0.1) is 0 Å². The van der Waals surface area contributed by atoms with E-state index >= 15 is 0 Å². The summed E-state index contributed by atoms with van der Waals surface area (Å²) in [5.74, 6) is 1.42. The van der Waals surface area contributed by atoms with Crippen molar-refractivity contribution in [2.24, 2.45) is 17.8 Å². The Bertz CT molecular complexity index is 687. The maximum atomic E-state index is 14.3. The number of likely N-dealkylation sites (N-methyl/N-ethyl adjacent to an activating group) is 1. The minimum absolute atomic E-state index is 0.0223. The summed E-state index contributed by atoms with van der Waals surface area (Å²) in [5, 5.41) is 7.02. The van der Waals surface area contributed by atoms with E-state index in [0.717, 1.165) is 44.0 Å². The number of fused-ring (bicyclic) bond motifs is 1. The second-order valence-corrected chi connectivity index (χ2v) is 9.65. The van der Waals surface area contributed by atoms with Gasteiger partial charge in [-0.05, 0) is 68.8 Å². The van der Waals surface area contributed by atoms with Gasteiger partial charge in [-0.3, -0.25) is 4.90 Å². The highest BCUT2D eigenvalue weighted by atomic mass is 19.1. The van der Waals surface area contributed by atoms with Gasteiger partial charge in [-0.2, -0.15) is 0 Å². The Morgan fingerprint density at radius 2 is 1.86 bits per heavy atom. The average Bonchev–Trinajstić information content (AvgIpc) is 3.26. The molecule has 29 heavy (non-hydrogen) atoms. The minimum Gasteiger partial charge on any atom is -0.370 e. The standard InChI is InChI=1S/C23H35F2N3O/c1-14(2)10-27-18-6-15-11-28(12-16(15)7-18)19-9-22(26-3)23(29-13-19)20-8-17(24)4-5-21(20)25/h4-5,8,14-16,18-19,22-23,26-27H,6-7,9-13H2,1-3H3. The monoisotopic (exact) mass is 407 g/mol. The third-order valence-electron chi connectivity index (χ3n) is 7.11. The Hall–Kier alpha value is -1.08. The van der Waals surface area contributed by atoms with Crippen molar-refractivity contribution in [3.05, 3.63) is 35.4 Å². The molecule has 162 valence electrons. The molecule has 2 saturated heterocycles. The Morgan fingerprint density at radius 1 is 1.14 bits per heavy atom. The average molecular weight is 408 g/mol. The van der Waals surface area contributed by atoms with E-state index in [1.807, 2.05) is 7.05 Å². The van der Waals surface area contributed by atoms with Gasteiger partial charge < -0.3 is 15.4 Å². The number of likely N-dealkylation sites (tertiary alicyclic amines) is 1. The van der Waals surface area contributed by atoms with Crippen LogP contribution in [-0.2, 0) is 4.74 Å². The van der Waals surface area contributed by atoms with E-state index in [1.54, 1.807) is 0 Å². The van der Waals surface area contributed by atoms with Crippen molar-refractivity contribution in [1.82, 2.24) is 15.5 Å². The highest BCUT2D eigenvalue weighted by molar-refractivity contribution is 5.23. The lowest BCUT2D eigenvalue weighted by Gasteiger charge is -2.40. The predicted molar refractivity (Wildman–Crippen MR) is 111 cm³/mol. The van der Waals surface area contributed by atoms with Crippen molar-refractivity contribution >= 4 is 0 Å². The zero-order valence-corrected chi connectivity index (χ0v) is 17.8. The van der Waals surface area contributed by atoms with Crippen LogP contribution in [0, 0.1) is 29.4 Å². The van der Waals surface area contributed by atoms with Gasteiger partial charge in [0.1, 0.15) is 17.7 Å². The molecule has 0 aromatic heterocycles. The van der Waals surface area contributed by atoms with Crippen LogP contribution in [0.3, 0.4) is 0 Å². The first-order valence-corrected chi connectivity index (χ1v) is 11.2. The molecule has 2 heterocycles. The summed E-state index contributed by atoms with van der Waals surface area (Å²) in [6, 6.07) is 4.61. The fourth-order valence-electron chi connectivity index (χ4n) is 5.58. The molecule has 5 unspecified atom stereocenters. The smallest absolute Gasteiger partial charge is 0.129 e. The molecule has 1 aromatic carbocycles. The third-order valence-corrected chi connectivity index (χ3v) is 7.11. The molecule has 1 aromatic rings. The molecule has 0 spiro atoms. The van der Waals surface area contributed by atoms with Crippen LogP contribution in [0.4, 0.5) is 8.78 Å². The summed E-state index contributed by atoms with van der Waals surface area (Å²) >= 11 is 0. The number of hydrogen-bond acceptors (Lipinski definition) is 4. The SMILES string of the molecule is CNC1CC(N2CC3CC(NCC(C)C)CC3C2)COC1c1cc(F)ccc1F. The van der Waals surface area contributed by atoms with E-state index < -0.39 is 17.7 Å². The van der Waals surface area contributed by atoms with Gasteiger partial charge >= 0.3 is 0 Å². The van der Waals surface area contributed by atoms with Crippen molar-refractivity contribution < 1.29 is 13.5 Å². The highest BCUT2D eigenvalue weighted by Gasteiger charge is 2.44. The quantitative estimate of drug-likeness (QED) is 0.758. The molecule has 5 atom stereocenters. The van der Waals surface area contributed by atoms with E-state index in [-0.39, 0.29) is 6.04 Å². The number of hydrogen-bond donors (Lipinski definition) is 2. The van der Waals surface area contributed by atoms with Gasteiger partial charge in [-0.1, -0.05) is 13.8 Å². The van der Waals surface area contributed by atoms with Gasteiger partial charge in [0.05, 0.1) is 6.61 Å². The zero-order valence-electron chi connectivity index (χ0n) is 17.8. The predicted octanol–water partition coefficient (Wildman–Crippen LogP) is 3.34. The van der Waals surface area contributed by atoms with Gasteiger partial charge in [0, 0.05) is 36.8 Å². The van der Waals surface area contributed by atoms with E-state index in [0.29, 0.717) is 30.2 Å². The van der Waals surface area contributed by atoms with E-state index in [4.69, 9.17) is 4.74 Å². The first kappa shape index (κ1) is 21.2. The second-order valence-electron chi connectivity index (χ2n) is 9.65. The molecule has 6 heteroatoms. The Balaban J connectivity index is 1.34. The van der Waals surface area contributed by atoms with Crippen LogP contribution in [0.2, 0.25) is 0 Å². The fraction of sp³-hybridized carbons (Fsp3) is 0.739. The Kier molecular flexibility index (Phi) is 6.54. The number of halogens is 2. The lowest BCUT2D eigenvalue weighted by atomic mass is 9.92. The molecule has 0 amide bonds. The van der Waals surface area contributed by atoms with Crippen LogP contribution in [0.25, 0.3) is 0 Å². The molecule has 1 saturated carbocycles. The molecule has 2 N–H and O–H groups in total. The summed E-state index contributed by atoms with van der Waals surface area (Å²) in [7, 11) is 1.88. The van der Waals surface area contributed by atoms with Crippen LogP contribution in [0.1, 0.15) is 44.8 Å². The van der Waals surface area contributed by atoms with Gasteiger partial charge in [-0.25, -0.2) is 8.78 Å². The molecule has 2 aliphatic heterocycles. The molecule has 4 nitrogen and oxygen atoms in total. The van der Waals surface area contributed by atoms with Crippen LogP contribution in [0.15, 0.2) is 18.2 Å². The summed E-state index contributed by atoms with van der Waals surface area (Å²) < 4.78 is 34.1. The van der Waals surface area contributed by atoms with Crippen molar-refractivity contribution in [2.75, 3.05) is 33.3 Å². The van der Waals surface area contributed by atoms with Gasteiger partial charge in [0.15, 0.2) is 0 Å². The summed E-state index contributed by atoms with van der Waals surface area (Å²) in [6.07, 6.45) is 2.99. The van der Waals surface area contributed by atoms with Crippen LogP contribution in [-0.4, -0.2) is 56.3 Å². The summed E-state index contributed by atoms with van der Waals surface area (Å²) in [4.78, 5) is 2.58. The molecular weight excluding hydrogens is 372 g/mol. The third kappa shape index (κ3) is 4.66. The fourth-order valence-corrected chi connectivity index (χ4v) is 5.58. The number of nitrogens with zero attached hydrogens (tertiary/aromatic N) is 1. The molecule has 3 aliphatic rings. The molecule has 1 aliphatic carbocycles. The van der Waals surface area contributed by atoms with E-state index in [9.17, 15) is 8.78 Å². The number of benzene rings is 1. The molecule has 3 fully saturated rings. The topological polar surface area (TPSA) is 36.5 Å². The largest absolute Gasteiger partial charge is 0.370 e. The maximum Gasteiger partial charge on any atom is 0.129 e. The highest BCUT2D eigenvalue weighted by Crippen LogP contribution is 2.41.